The van der Waals surface area contributed by atoms with Gasteiger partial charge in [-0.2, -0.15) is 26.3 Å². The van der Waals surface area contributed by atoms with Crippen molar-refractivity contribution in [3.8, 4) is 0 Å². The fourth-order valence-electron chi connectivity index (χ4n) is 2.98. The topological polar surface area (TPSA) is 53.5 Å². The summed E-state index contributed by atoms with van der Waals surface area (Å²) in [7, 11) is 0. The predicted molar refractivity (Wildman–Crippen MR) is 93.4 cm³/mol. The number of hydrogen-bond donors (Lipinski definition) is 2. The van der Waals surface area contributed by atoms with Crippen molar-refractivity contribution >= 4 is 11.7 Å². The van der Waals surface area contributed by atoms with Crippen LogP contribution in [0.1, 0.15) is 21.5 Å². The summed E-state index contributed by atoms with van der Waals surface area (Å²) in [5.41, 5.74) is -5.06. The molecule has 0 radical (unpaired) electrons. The van der Waals surface area contributed by atoms with Crippen molar-refractivity contribution in [2.75, 3.05) is 0 Å². The molecule has 1 unspecified atom stereocenters. The summed E-state index contributed by atoms with van der Waals surface area (Å²) in [6.07, 6.45) is -14.6. The van der Waals surface area contributed by atoms with Crippen LogP contribution in [0, 0.1) is 5.82 Å². The van der Waals surface area contributed by atoms with Gasteiger partial charge in [-0.25, -0.2) is 13.8 Å². The maximum absolute atomic E-state index is 13.7. The summed E-state index contributed by atoms with van der Waals surface area (Å²) in [6, 6.07) is 8.00. The zero-order valence-corrected chi connectivity index (χ0v) is 15.3. The van der Waals surface area contributed by atoms with Crippen LogP contribution in [-0.4, -0.2) is 35.8 Å². The lowest BCUT2D eigenvalue weighted by molar-refractivity contribution is -0.300. The number of nitrogens with one attached hydrogen (secondary N) is 2. The molecule has 0 spiro atoms. The number of alkyl halides is 7. The zero-order chi connectivity index (χ0) is 23.0. The van der Waals surface area contributed by atoms with E-state index in [4.69, 9.17) is 0 Å². The average Bonchev–Trinajstić information content (AvgIpc) is 3.09. The Kier molecular flexibility index (Phi) is 5.68. The van der Waals surface area contributed by atoms with E-state index in [-0.39, 0.29) is 16.7 Å². The van der Waals surface area contributed by atoms with Crippen LogP contribution >= 0.6 is 0 Å². The summed E-state index contributed by atoms with van der Waals surface area (Å²) in [4.78, 5) is 15.2. The van der Waals surface area contributed by atoms with E-state index in [9.17, 15) is 39.9 Å². The van der Waals surface area contributed by atoms with E-state index in [1.54, 1.807) is 5.32 Å². The van der Waals surface area contributed by atoms with E-state index in [2.05, 4.69) is 4.99 Å². The zero-order valence-electron chi connectivity index (χ0n) is 15.3. The monoisotopic (exact) mass is 451 g/mol. The molecule has 1 amide bonds. The summed E-state index contributed by atoms with van der Waals surface area (Å²) < 4.78 is 108. The Balaban J connectivity index is 2.02. The molecule has 0 fully saturated rings. The summed E-state index contributed by atoms with van der Waals surface area (Å²) in [6.45, 7) is -0.869. The minimum Gasteiger partial charge on any atom is -0.347 e. The van der Waals surface area contributed by atoms with E-state index in [0.717, 1.165) is 48.5 Å². The van der Waals surface area contributed by atoms with Gasteiger partial charge in [0.2, 0.25) is 0 Å². The normalized spacial score (nSPS) is 18.3. The highest BCUT2D eigenvalue weighted by molar-refractivity contribution is 6.02. The molecule has 1 atom stereocenters. The fourth-order valence-corrected chi connectivity index (χ4v) is 2.98. The van der Waals surface area contributed by atoms with Crippen LogP contribution in [0.15, 0.2) is 53.5 Å². The van der Waals surface area contributed by atoms with Crippen LogP contribution in [0.3, 0.4) is 0 Å². The quantitative estimate of drug-likeness (QED) is 0.683. The van der Waals surface area contributed by atoms with Crippen LogP contribution in [0.2, 0.25) is 0 Å². The van der Waals surface area contributed by atoms with E-state index in [1.165, 1.54) is 0 Å². The highest BCUT2D eigenvalue weighted by atomic mass is 19.4. The molecule has 166 valence electrons. The first-order chi connectivity index (χ1) is 14.4. The van der Waals surface area contributed by atoms with Crippen LogP contribution < -0.4 is 10.6 Å². The third-order valence-electron chi connectivity index (χ3n) is 4.61. The molecule has 12 heteroatoms. The van der Waals surface area contributed by atoms with E-state index >= 15 is 0 Å². The maximum Gasteiger partial charge on any atom is 0.426 e. The Morgan fingerprint density at radius 3 is 2.00 bits per heavy atom. The highest BCUT2D eigenvalue weighted by Crippen LogP contribution is 2.49. The molecule has 31 heavy (non-hydrogen) atoms. The Bertz CT molecular complexity index is 967. The summed E-state index contributed by atoms with van der Waals surface area (Å²) in [5.74, 6) is -2.86. The number of benzene rings is 2. The molecule has 0 saturated carbocycles. The second-order valence-corrected chi connectivity index (χ2v) is 6.61. The van der Waals surface area contributed by atoms with E-state index in [1.807, 2.05) is 5.32 Å². The van der Waals surface area contributed by atoms with Crippen molar-refractivity contribution < 1.29 is 39.9 Å². The van der Waals surface area contributed by atoms with Gasteiger partial charge in [-0.05, 0) is 42.0 Å². The number of aliphatic imine (C=N–C) groups is 1. The van der Waals surface area contributed by atoms with Gasteiger partial charge in [0.25, 0.3) is 11.4 Å². The Hall–Kier alpha value is -3.18. The Labute approximate surface area is 170 Å². The first kappa shape index (κ1) is 22.5. The molecule has 2 aromatic carbocycles. The number of halogens is 8. The van der Waals surface area contributed by atoms with Crippen LogP contribution in [-0.2, 0) is 6.67 Å². The van der Waals surface area contributed by atoms with Gasteiger partial charge in [0.15, 0.2) is 0 Å². The minimum absolute atomic E-state index is 0.164. The lowest BCUT2D eigenvalue weighted by atomic mass is 9.95. The third-order valence-corrected chi connectivity index (χ3v) is 4.61. The van der Waals surface area contributed by atoms with Gasteiger partial charge >= 0.3 is 12.4 Å². The van der Waals surface area contributed by atoms with Crippen LogP contribution in [0.4, 0.5) is 35.1 Å². The van der Waals surface area contributed by atoms with Gasteiger partial charge in [-0.1, -0.05) is 12.1 Å². The number of rotatable bonds is 4. The van der Waals surface area contributed by atoms with Crippen molar-refractivity contribution in [1.82, 2.24) is 10.6 Å². The van der Waals surface area contributed by atoms with Crippen molar-refractivity contribution in [3.63, 3.8) is 0 Å². The van der Waals surface area contributed by atoms with Gasteiger partial charge in [0.1, 0.15) is 24.5 Å². The van der Waals surface area contributed by atoms with Gasteiger partial charge in [0, 0.05) is 11.1 Å². The summed E-state index contributed by atoms with van der Waals surface area (Å²) >= 11 is 0. The van der Waals surface area contributed by atoms with Crippen molar-refractivity contribution in [2.24, 2.45) is 4.99 Å². The Morgan fingerprint density at radius 2 is 1.52 bits per heavy atom. The molecule has 2 N–H and O–H groups in total. The molecule has 2 aromatic rings. The Morgan fingerprint density at radius 1 is 0.968 bits per heavy atom. The fraction of sp³-hybridized carbons (Fsp3) is 0.263. The maximum atomic E-state index is 13.7. The SMILES string of the molecule is O=C(NC1NC(c2ccc(F)cc2)=NC1(C(F)(F)F)C(F)(F)F)c1ccc(CF)cc1. The standard InChI is InChI=1S/C19H13F8N3O/c20-9-10-1-3-12(4-2-10)15(31)29-16-17(18(22,23)24,19(25,26)27)30-14(28-16)11-5-7-13(21)8-6-11/h1-8,16H,9H2,(H,28,30)(H,29,31). The number of hydrogen-bond acceptors (Lipinski definition) is 3. The molecule has 0 aliphatic carbocycles. The van der Waals surface area contributed by atoms with E-state index < -0.39 is 48.3 Å². The molecule has 0 saturated heterocycles. The van der Waals surface area contributed by atoms with Crippen molar-refractivity contribution in [2.45, 2.75) is 30.7 Å². The third kappa shape index (κ3) is 4.06. The molecule has 0 bridgehead atoms. The highest BCUT2D eigenvalue weighted by Gasteiger charge is 2.77. The second-order valence-electron chi connectivity index (χ2n) is 6.61. The molecular weight excluding hydrogens is 438 g/mol. The lowest BCUT2D eigenvalue weighted by Gasteiger charge is -2.35. The van der Waals surface area contributed by atoms with Crippen molar-refractivity contribution in [3.05, 3.63) is 71.0 Å². The predicted octanol–water partition coefficient (Wildman–Crippen LogP) is 4.26. The van der Waals surface area contributed by atoms with Gasteiger partial charge in [-0.3, -0.25) is 4.79 Å². The smallest absolute Gasteiger partial charge is 0.347 e. The molecule has 3 rings (SSSR count). The molecule has 0 aromatic heterocycles. The van der Waals surface area contributed by atoms with E-state index in [0.29, 0.717) is 0 Å². The van der Waals surface area contributed by atoms with Gasteiger partial charge in [0.05, 0.1) is 0 Å². The average molecular weight is 451 g/mol. The van der Waals surface area contributed by atoms with Crippen LogP contribution in [0.5, 0.6) is 0 Å². The van der Waals surface area contributed by atoms with Crippen molar-refractivity contribution in [1.29, 1.82) is 0 Å². The first-order valence-corrected chi connectivity index (χ1v) is 8.60. The molecule has 1 aliphatic heterocycles. The molecule has 1 heterocycles. The number of amidine groups is 1. The molecule has 4 nitrogen and oxygen atoms in total. The van der Waals surface area contributed by atoms with Crippen LogP contribution in [0.25, 0.3) is 0 Å². The lowest BCUT2D eigenvalue weighted by Crippen LogP contribution is -2.68. The largest absolute Gasteiger partial charge is 0.426 e. The summed E-state index contributed by atoms with van der Waals surface area (Å²) in [5, 5.41) is 3.62. The first-order valence-electron chi connectivity index (χ1n) is 8.60. The second kappa shape index (κ2) is 7.82. The van der Waals surface area contributed by atoms with Gasteiger partial charge in [-0.15, -0.1) is 0 Å². The molecule has 1 aliphatic rings. The number of carbonyl (C=O) groups excluding carboxylic acids is 1. The molecular formula is C19H13F8N3O. The minimum atomic E-state index is -5.95. The number of carbonyl (C=O) groups is 1. The van der Waals surface area contributed by atoms with Gasteiger partial charge < -0.3 is 10.6 Å². The number of amides is 1. The number of nitrogens with zero attached hydrogens (tertiary/aromatic N) is 1.